The quantitative estimate of drug-likeness (QED) is 0.719. The van der Waals surface area contributed by atoms with E-state index in [0.29, 0.717) is 25.5 Å². The largest absolute Gasteiger partial charge is 0.351 e. The van der Waals surface area contributed by atoms with Crippen LogP contribution in [0.4, 0.5) is 5.82 Å². The van der Waals surface area contributed by atoms with Gasteiger partial charge in [0.05, 0.1) is 19.8 Å². The molecule has 5 nitrogen and oxygen atoms in total. The van der Waals surface area contributed by atoms with E-state index in [-0.39, 0.29) is 0 Å². The third-order valence-electron chi connectivity index (χ3n) is 3.18. The molecule has 0 N–H and O–H groups in total. The molecule has 2 aliphatic heterocycles. The van der Waals surface area contributed by atoms with Crippen LogP contribution in [0, 0.1) is 11.3 Å². The Balaban J connectivity index is 1.80. The van der Waals surface area contributed by atoms with E-state index < -0.39 is 5.79 Å². The van der Waals surface area contributed by atoms with Crippen LogP contribution in [0.15, 0.2) is 18.2 Å². The molecule has 1 spiro atoms. The number of aromatic nitrogens is 1. The number of nitriles is 1. The van der Waals surface area contributed by atoms with Crippen molar-refractivity contribution in [3.8, 4) is 6.07 Å². The second-order valence-electron chi connectivity index (χ2n) is 4.27. The summed E-state index contributed by atoms with van der Waals surface area (Å²) in [6.45, 7) is 2.87. The molecule has 2 saturated heterocycles. The van der Waals surface area contributed by atoms with Gasteiger partial charge in [-0.15, -0.1) is 0 Å². The SMILES string of the molecule is N#Cc1cccc(N2CCC3(C2)OCCO3)n1. The predicted octanol–water partition coefficient (Wildman–Crippen LogP) is 0.906. The lowest BCUT2D eigenvalue weighted by atomic mass is 10.2. The third kappa shape index (κ3) is 1.86. The smallest absolute Gasteiger partial charge is 0.187 e. The molecule has 0 atom stereocenters. The van der Waals surface area contributed by atoms with Crippen LogP contribution < -0.4 is 4.90 Å². The first kappa shape index (κ1) is 10.5. The summed E-state index contributed by atoms with van der Waals surface area (Å²) in [7, 11) is 0. The van der Waals surface area contributed by atoms with E-state index in [1.165, 1.54) is 0 Å². The van der Waals surface area contributed by atoms with Gasteiger partial charge in [-0.3, -0.25) is 0 Å². The zero-order valence-corrected chi connectivity index (χ0v) is 9.43. The van der Waals surface area contributed by atoms with Crippen molar-refractivity contribution in [1.82, 2.24) is 4.98 Å². The summed E-state index contributed by atoms with van der Waals surface area (Å²) in [5.74, 6) is 0.379. The fourth-order valence-corrected chi connectivity index (χ4v) is 2.34. The first-order valence-corrected chi connectivity index (χ1v) is 5.71. The van der Waals surface area contributed by atoms with Crippen LogP contribution in [0.2, 0.25) is 0 Å². The van der Waals surface area contributed by atoms with E-state index in [1.807, 2.05) is 12.1 Å². The summed E-state index contributed by atoms with van der Waals surface area (Å²) in [6.07, 6.45) is 0.853. The monoisotopic (exact) mass is 231 g/mol. The molecule has 0 bridgehead atoms. The fourth-order valence-electron chi connectivity index (χ4n) is 2.34. The highest BCUT2D eigenvalue weighted by molar-refractivity contribution is 5.43. The van der Waals surface area contributed by atoms with E-state index in [4.69, 9.17) is 14.7 Å². The fraction of sp³-hybridized carbons (Fsp3) is 0.500. The van der Waals surface area contributed by atoms with Crippen LogP contribution in [0.1, 0.15) is 12.1 Å². The second kappa shape index (κ2) is 3.99. The van der Waals surface area contributed by atoms with Crippen molar-refractivity contribution in [2.24, 2.45) is 0 Å². The number of nitrogens with zero attached hydrogens (tertiary/aromatic N) is 3. The van der Waals surface area contributed by atoms with Crippen LogP contribution in [0.25, 0.3) is 0 Å². The van der Waals surface area contributed by atoms with Crippen molar-refractivity contribution in [2.75, 3.05) is 31.2 Å². The molecule has 0 aromatic carbocycles. The summed E-state index contributed by atoms with van der Waals surface area (Å²) in [5, 5.41) is 8.83. The molecular weight excluding hydrogens is 218 g/mol. The predicted molar refractivity (Wildman–Crippen MR) is 60.4 cm³/mol. The molecule has 17 heavy (non-hydrogen) atoms. The Kier molecular flexibility index (Phi) is 2.46. The Morgan fingerprint density at radius 1 is 1.35 bits per heavy atom. The van der Waals surface area contributed by atoms with Gasteiger partial charge in [0.25, 0.3) is 0 Å². The normalized spacial score (nSPS) is 21.9. The van der Waals surface area contributed by atoms with Crippen molar-refractivity contribution < 1.29 is 9.47 Å². The lowest BCUT2D eigenvalue weighted by molar-refractivity contribution is -0.137. The maximum atomic E-state index is 8.83. The average Bonchev–Trinajstić information content (AvgIpc) is 3.01. The average molecular weight is 231 g/mol. The maximum Gasteiger partial charge on any atom is 0.187 e. The highest BCUT2D eigenvalue weighted by Crippen LogP contribution is 2.32. The van der Waals surface area contributed by atoms with E-state index in [0.717, 1.165) is 18.8 Å². The lowest BCUT2D eigenvalue weighted by Crippen LogP contribution is -2.34. The Morgan fingerprint density at radius 2 is 2.18 bits per heavy atom. The molecule has 0 radical (unpaired) electrons. The van der Waals surface area contributed by atoms with Gasteiger partial charge in [0.1, 0.15) is 17.6 Å². The molecule has 0 unspecified atom stereocenters. The summed E-state index contributed by atoms with van der Waals surface area (Å²) >= 11 is 0. The van der Waals surface area contributed by atoms with Crippen LogP contribution in [-0.2, 0) is 9.47 Å². The Hall–Kier alpha value is -1.64. The number of ether oxygens (including phenoxy) is 2. The number of hydrogen-bond donors (Lipinski definition) is 0. The molecule has 0 saturated carbocycles. The highest BCUT2D eigenvalue weighted by Gasteiger charge is 2.43. The van der Waals surface area contributed by atoms with E-state index in [2.05, 4.69) is 16.0 Å². The topological polar surface area (TPSA) is 58.4 Å². The van der Waals surface area contributed by atoms with E-state index in [9.17, 15) is 0 Å². The Labute approximate surface area is 99.6 Å². The van der Waals surface area contributed by atoms with Crippen LogP contribution in [0.3, 0.4) is 0 Å². The van der Waals surface area contributed by atoms with Gasteiger partial charge in [-0.2, -0.15) is 5.26 Å². The van der Waals surface area contributed by atoms with Gasteiger partial charge in [-0.25, -0.2) is 4.98 Å². The molecule has 88 valence electrons. The van der Waals surface area contributed by atoms with Crippen molar-refractivity contribution >= 4 is 5.82 Å². The maximum absolute atomic E-state index is 8.83. The molecule has 1 aromatic heterocycles. The van der Waals surface area contributed by atoms with Gasteiger partial charge in [0.15, 0.2) is 5.79 Å². The third-order valence-corrected chi connectivity index (χ3v) is 3.18. The lowest BCUT2D eigenvalue weighted by Gasteiger charge is -2.22. The molecule has 3 rings (SSSR count). The van der Waals surface area contributed by atoms with Gasteiger partial charge in [0, 0.05) is 13.0 Å². The number of anilines is 1. The molecule has 2 aliphatic rings. The number of rotatable bonds is 1. The molecule has 0 aliphatic carbocycles. The standard InChI is InChI=1S/C12H13N3O2/c13-8-10-2-1-3-11(14-10)15-5-4-12(9-15)16-6-7-17-12/h1-3H,4-7,9H2. The summed E-state index contributed by atoms with van der Waals surface area (Å²) in [5.41, 5.74) is 0.441. The molecule has 1 aromatic rings. The minimum Gasteiger partial charge on any atom is -0.351 e. The minimum atomic E-state index is -0.440. The zero-order chi connectivity index (χ0) is 11.7. The van der Waals surface area contributed by atoms with Gasteiger partial charge in [-0.05, 0) is 12.1 Å². The van der Waals surface area contributed by atoms with E-state index >= 15 is 0 Å². The first-order valence-electron chi connectivity index (χ1n) is 5.71. The Bertz CT molecular complexity index is 463. The molecule has 5 heteroatoms. The van der Waals surface area contributed by atoms with Crippen molar-refractivity contribution in [3.05, 3.63) is 23.9 Å². The van der Waals surface area contributed by atoms with Crippen molar-refractivity contribution in [3.63, 3.8) is 0 Å². The number of pyridine rings is 1. The van der Waals surface area contributed by atoms with Crippen LogP contribution in [-0.4, -0.2) is 37.1 Å². The van der Waals surface area contributed by atoms with Crippen LogP contribution >= 0.6 is 0 Å². The molecule has 3 heterocycles. The summed E-state index contributed by atoms with van der Waals surface area (Å²) < 4.78 is 11.3. The van der Waals surface area contributed by atoms with Gasteiger partial charge in [0.2, 0.25) is 0 Å². The zero-order valence-electron chi connectivity index (χ0n) is 9.43. The summed E-state index contributed by atoms with van der Waals surface area (Å²) in [6, 6.07) is 7.52. The van der Waals surface area contributed by atoms with E-state index in [1.54, 1.807) is 6.07 Å². The minimum absolute atomic E-state index is 0.440. The first-order chi connectivity index (χ1) is 8.31. The molecule has 2 fully saturated rings. The highest BCUT2D eigenvalue weighted by atomic mass is 16.7. The number of hydrogen-bond acceptors (Lipinski definition) is 5. The summed E-state index contributed by atoms with van der Waals surface area (Å²) in [4.78, 5) is 6.38. The van der Waals surface area contributed by atoms with Crippen molar-refractivity contribution in [1.29, 1.82) is 5.26 Å². The molecule has 0 amide bonds. The molecular formula is C12H13N3O2. The van der Waals surface area contributed by atoms with Crippen LogP contribution in [0.5, 0.6) is 0 Å². The van der Waals surface area contributed by atoms with Gasteiger partial charge < -0.3 is 14.4 Å². The second-order valence-corrected chi connectivity index (χ2v) is 4.27. The van der Waals surface area contributed by atoms with Crippen molar-refractivity contribution in [2.45, 2.75) is 12.2 Å². The Morgan fingerprint density at radius 3 is 2.94 bits per heavy atom. The van der Waals surface area contributed by atoms with Gasteiger partial charge >= 0.3 is 0 Å². The van der Waals surface area contributed by atoms with Gasteiger partial charge in [-0.1, -0.05) is 6.07 Å².